The Morgan fingerprint density at radius 2 is 2.33 bits per heavy atom. The third-order valence-corrected chi connectivity index (χ3v) is 1.87. The molecule has 0 radical (unpaired) electrons. The van der Waals surface area contributed by atoms with Gasteiger partial charge in [-0.15, -0.1) is 0 Å². The molecule has 0 aliphatic rings. The summed E-state index contributed by atoms with van der Waals surface area (Å²) in [6.45, 7) is 4.84. The zero-order chi connectivity index (χ0) is 11.3. The molecule has 84 valence electrons. The third kappa shape index (κ3) is 5.17. The molecule has 0 aliphatic heterocycles. The second-order valence-corrected chi connectivity index (χ2v) is 4.28. The standard InChI is InChI=1S/C10H18N4O/c1-10(2,11)8-12-9(15)4-7-14-6-3-5-13-14/h3,5-6H,4,7-8,11H2,1-2H3,(H,12,15). The molecule has 0 aromatic carbocycles. The molecule has 0 aliphatic carbocycles. The van der Waals surface area contributed by atoms with Crippen molar-refractivity contribution in [1.82, 2.24) is 15.1 Å². The maximum atomic E-state index is 11.4. The van der Waals surface area contributed by atoms with Gasteiger partial charge in [0.2, 0.25) is 5.91 Å². The van der Waals surface area contributed by atoms with Crippen LogP contribution < -0.4 is 11.1 Å². The van der Waals surface area contributed by atoms with E-state index in [-0.39, 0.29) is 11.4 Å². The van der Waals surface area contributed by atoms with Gasteiger partial charge in [-0.25, -0.2) is 0 Å². The van der Waals surface area contributed by atoms with E-state index in [0.29, 0.717) is 19.5 Å². The second-order valence-electron chi connectivity index (χ2n) is 4.28. The van der Waals surface area contributed by atoms with Gasteiger partial charge in [0.05, 0.1) is 0 Å². The van der Waals surface area contributed by atoms with E-state index in [4.69, 9.17) is 5.73 Å². The molecule has 0 spiro atoms. The number of amides is 1. The van der Waals surface area contributed by atoms with Crippen LogP contribution in [-0.4, -0.2) is 27.8 Å². The molecule has 15 heavy (non-hydrogen) atoms. The SMILES string of the molecule is CC(C)(N)CNC(=O)CCn1cccn1. The molecule has 1 rings (SSSR count). The molecular weight excluding hydrogens is 192 g/mol. The van der Waals surface area contributed by atoms with Crippen LogP contribution in [0.3, 0.4) is 0 Å². The predicted octanol–water partition coefficient (Wildman–Crippen LogP) is 0.127. The molecule has 0 atom stereocenters. The summed E-state index contributed by atoms with van der Waals surface area (Å²) in [5.41, 5.74) is 5.38. The fourth-order valence-corrected chi connectivity index (χ4v) is 1.06. The molecule has 1 aromatic rings. The topological polar surface area (TPSA) is 72.9 Å². The largest absolute Gasteiger partial charge is 0.354 e. The lowest BCUT2D eigenvalue weighted by atomic mass is 10.1. The Kier molecular flexibility index (Phi) is 3.85. The molecule has 1 aromatic heterocycles. The summed E-state index contributed by atoms with van der Waals surface area (Å²) in [5.74, 6) is 0.00373. The predicted molar refractivity (Wildman–Crippen MR) is 58.1 cm³/mol. The van der Waals surface area contributed by atoms with Crippen LogP contribution in [0.1, 0.15) is 20.3 Å². The van der Waals surface area contributed by atoms with Gasteiger partial charge in [-0.3, -0.25) is 9.48 Å². The molecule has 0 bridgehead atoms. The van der Waals surface area contributed by atoms with Crippen molar-refractivity contribution in [2.75, 3.05) is 6.54 Å². The monoisotopic (exact) mass is 210 g/mol. The van der Waals surface area contributed by atoms with Crippen LogP contribution in [0.15, 0.2) is 18.5 Å². The van der Waals surface area contributed by atoms with E-state index < -0.39 is 0 Å². The maximum Gasteiger partial charge on any atom is 0.221 e. The molecule has 0 saturated carbocycles. The Hall–Kier alpha value is -1.36. The molecule has 1 heterocycles. The van der Waals surface area contributed by atoms with E-state index in [1.807, 2.05) is 26.1 Å². The maximum absolute atomic E-state index is 11.4. The lowest BCUT2D eigenvalue weighted by Gasteiger charge is -2.18. The molecule has 0 unspecified atom stereocenters. The van der Waals surface area contributed by atoms with E-state index in [0.717, 1.165) is 0 Å². The minimum Gasteiger partial charge on any atom is -0.354 e. The van der Waals surface area contributed by atoms with Crippen molar-refractivity contribution in [1.29, 1.82) is 0 Å². The van der Waals surface area contributed by atoms with E-state index in [1.54, 1.807) is 10.9 Å². The van der Waals surface area contributed by atoms with Crippen LogP contribution in [0, 0.1) is 0 Å². The molecule has 5 heteroatoms. The van der Waals surface area contributed by atoms with Crippen molar-refractivity contribution in [3.05, 3.63) is 18.5 Å². The summed E-state index contributed by atoms with van der Waals surface area (Å²) in [5, 5.41) is 6.79. The van der Waals surface area contributed by atoms with E-state index in [9.17, 15) is 4.79 Å². The highest BCUT2D eigenvalue weighted by Crippen LogP contribution is 1.94. The second kappa shape index (κ2) is 4.93. The first kappa shape index (κ1) is 11.7. The van der Waals surface area contributed by atoms with Crippen LogP contribution >= 0.6 is 0 Å². The summed E-state index contributed by atoms with van der Waals surface area (Å²) in [6.07, 6.45) is 3.96. The Balaban J connectivity index is 2.20. The van der Waals surface area contributed by atoms with Crippen molar-refractivity contribution >= 4 is 5.91 Å². The summed E-state index contributed by atoms with van der Waals surface area (Å²) >= 11 is 0. The first-order valence-electron chi connectivity index (χ1n) is 5.00. The lowest BCUT2D eigenvalue weighted by molar-refractivity contribution is -0.121. The van der Waals surface area contributed by atoms with Crippen molar-refractivity contribution in [3.8, 4) is 0 Å². The van der Waals surface area contributed by atoms with Gasteiger partial charge in [0.1, 0.15) is 0 Å². The van der Waals surface area contributed by atoms with Gasteiger partial charge < -0.3 is 11.1 Å². The molecule has 3 N–H and O–H groups in total. The van der Waals surface area contributed by atoms with Crippen LogP contribution in [0.25, 0.3) is 0 Å². The minimum absolute atomic E-state index is 0.00373. The number of nitrogens with one attached hydrogen (secondary N) is 1. The number of nitrogens with zero attached hydrogens (tertiary/aromatic N) is 2. The van der Waals surface area contributed by atoms with Gasteiger partial charge in [-0.1, -0.05) is 0 Å². The average molecular weight is 210 g/mol. The van der Waals surface area contributed by atoms with E-state index in [1.165, 1.54) is 0 Å². The molecular formula is C10H18N4O. The number of rotatable bonds is 5. The number of nitrogens with two attached hydrogens (primary N) is 1. The lowest BCUT2D eigenvalue weighted by Crippen LogP contribution is -2.45. The van der Waals surface area contributed by atoms with Gasteiger partial charge in [-0.2, -0.15) is 5.10 Å². The molecule has 1 amide bonds. The van der Waals surface area contributed by atoms with Gasteiger partial charge in [-0.05, 0) is 19.9 Å². The van der Waals surface area contributed by atoms with Gasteiger partial charge in [0.15, 0.2) is 0 Å². The zero-order valence-corrected chi connectivity index (χ0v) is 9.23. The van der Waals surface area contributed by atoms with Gasteiger partial charge in [0.25, 0.3) is 0 Å². The number of aryl methyl sites for hydroxylation is 1. The summed E-state index contributed by atoms with van der Waals surface area (Å²) in [4.78, 5) is 11.4. The Morgan fingerprint density at radius 3 is 2.87 bits per heavy atom. The van der Waals surface area contributed by atoms with Crippen LogP contribution in [0.5, 0.6) is 0 Å². The van der Waals surface area contributed by atoms with Crippen LogP contribution in [-0.2, 0) is 11.3 Å². The van der Waals surface area contributed by atoms with Crippen molar-refractivity contribution in [2.24, 2.45) is 5.73 Å². The smallest absolute Gasteiger partial charge is 0.221 e. The summed E-state index contributed by atoms with van der Waals surface area (Å²) < 4.78 is 1.73. The Bertz CT molecular complexity index is 300. The van der Waals surface area contributed by atoms with Crippen LogP contribution in [0.2, 0.25) is 0 Å². The van der Waals surface area contributed by atoms with E-state index in [2.05, 4.69) is 10.4 Å². The zero-order valence-electron chi connectivity index (χ0n) is 9.23. The first-order chi connectivity index (χ1) is 6.97. The number of aromatic nitrogens is 2. The quantitative estimate of drug-likeness (QED) is 0.725. The fourth-order valence-electron chi connectivity index (χ4n) is 1.06. The summed E-state index contributed by atoms with van der Waals surface area (Å²) in [6, 6.07) is 1.83. The number of hydrogen-bond acceptors (Lipinski definition) is 3. The Labute approximate surface area is 89.6 Å². The normalized spacial score (nSPS) is 11.4. The number of carbonyl (C=O) groups excluding carboxylic acids is 1. The highest BCUT2D eigenvalue weighted by Gasteiger charge is 2.11. The van der Waals surface area contributed by atoms with E-state index >= 15 is 0 Å². The summed E-state index contributed by atoms with van der Waals surface area (Å²) in [7, 11) is 0. The van der Waals surface area contributed by atoms with Crippen molar-refractivity contribution in [3.63, 3.8) is 0 Å². The highest BCUT2D eigenvalue weighted by molar-refractivity contribution is 5.75. The minimum atomic E-state index is -0.360. The fraction of sp³-hybridized carbons (Fsp3) is 0.600. The average Bonchev–Trinajstić information content (AvgIpc) is 2.62. The highest BCUT2D eigenvalue weighted by atomic mass is 16.1. The molecule has 5 nitrogen and oxygen atoms in total. The van der Waals surface area contributed by atoms with Crippen molar-refractivity contribution < 1.29 is 4.79 Å². The van der Waals surface area contributed by atoms with Gasteiger partial charge in [0, 0.05) is 37.4 Å². The molecule has 0 fully saturated rings. The Morgan fingerprint density at radius 1 is 1.60 bits per heavy atom. The molecule has 0 saturated heterocycles. The number of carbonyl (C=O) groups is 1. The number of hydrogen-bond donors (Lipinski definition) is 2. The third-order valence-electron chi connectivity index (χ3n) is 1.87. The van der Waals surface area contributed by atoms with Gasteiger partial charge >= 0.3 is 0 Å². The first-order valence-corrected chi connectivity index (χ1v) is 5.00. The van der Waals surface area contributed by atoms with Crippen LogP contribution in [0.4, 0.5) is 0 Å². The van der Waals surface area contributed by atoms with Crippen molar-refractivity contribution in [2.45, 2.75) is 32.4 Å².